The van der Waals surface area contributed by atoms with Crippen molar-refractivity contribution >= 4 is 47.2 Å². The second-order valence-corrected chi connectivity index (χ2v) is 8.33. The molecule has 3 unspecified atom stereocenters. The first-order valence-corrected chi connectivity index (χ1v) is 10.9. The van der Waals surface area contributed by atoms with E-state index in [1.165, 1.54) is 17.7 Å². The van der Waals surface area contributed by atoms with Gasteiger partial charge in [0.1, 0.15) is 0 Å². The number of carbonyl (C=O) groups is 1. The van der Waals surface area contributed by atoms with Crippen LogP contribution in [0.4, 0.5) is 0 Å². The lowest BCUT2D eigenvalue weighted by atomic mass is 9.88. The molecule has 1 aromatic heterocycles. The first-order valence-electron chi connectivity index (χ1n) is 10.0. The Morgan fingerprint density at radius 2 is 2.21 bits per heavy atom. The summed E-state index contributed by atoms with van der Waals surface area (Å²) in [6.45, 7) is 6.71. The first-order chi connectivity index (χ1) is 13.0. The standard InChI is InChI=1S/C20H35N5OS.HI/c1-5-15(2)24-18(26)10-11-22-20(21-3)23-14-16-8-6-12-25(4)19(16)17-9-7-13-27-17;/h7,9,13,15-16,19H,5-6,8,10-12,14H2,1-4H3,(H,24,26)(H2,21,22,23);1H. The molecule has 1 aromatic rings. The van der Waals surface area contributed by atoms with E-state index in [2.05, 4.69) is 57.3 Å². The molecule has 0 aromatic carbocycles. The summed E-state index contributed by atoms with van der Waals surface area (Å²) in [5.74, 6) is 1.40. The topological polar surface area (TPSA) is 68.8 Å². The average molecular weight is 522 g/mol. The van der Waals surface area contributed by atoms with Crippen LogP contribution in [0.15, 0.2) is 22.5 Å². The van der Waals surface area contributed by atoms with Gasteiger partial charge in [-0.25, -0.2) is 0 Å². The first kappa shape index (κ1) is 25.2. The maximum absolute atomic E-state index is 11.9. The van der Waals surface area contributed by atoms with Crippen LogP contribution in [0.1, 0.15) is 50.4 Å². The third-order valence-electron chi connectivity index (χ3n) is 5.26. The van der Waals surface area contributed by atoms with Crippen molar-refractivity contribution in [2.45, 2.75) is 51.6 Å². The van der Waals surface area contributed by atoms with Crippen molar-refractivity contribution in [3.8, 4) is 0 Å². The molecule has 0 saturated carbocycles. The van der Waals surface area contributed by atoms with Gasteiger partial charge in [0.05, 0.1) is 0 Å². The Morgan fingerprint density at radius 3 is 2.86 bits per heavy atom. The second kappa shape index (κ2) is 13.4. The smallest absolute Gasteiger partial charge is 0.221 e. The van der Waals surface area contributed by atoms with E-state index in [9.17, 15) is 4.79 Å². The molecule has 160 valence electrons. The van der Waals surface area contributed by atoms with Crippen molar-refractivity contribution in [2.75, 3.05) is 33.7 Å². The number of amides is 1. The number of nitrogens with zero attached hydrogens (tertiary/aromatic N) is 2. The quantitative estimate of drug-likeness (QED) is 0.279. The van der Waals surface area contributed by atoms with E-state index in [-0.39, 0.29) is 35.9 Å². The SMILES string of the molecule is CCC(C)NC(=O)CCNC(=NC)NCC1CCCN(C)C1c1cccs1.I. The summed E-state index contributed by atoms with van der Waals surface area (Å²) in [4.78, 5) is 20.1. The number of hydrogen-bond donors (Lipinski definition) is 3. The number of nitrogens with one attached hydrogen (secondary N) is 3. The van der Waals surface area contributed by atoms with Crippen molar-refractivity contribution in [2.24, 2.45) is 10.9 Å². The number of carbonyl (C=O) groups excluding carboxylic acids is 1. The number of aliphatic imine (C=N–C) groups is 1. The molecule has 0 spiro atoms. The minimum atomic E-state index is 0. The molecule has 1 fully saturated rings. The summed E-state index contributed by atoms with van der Waals surface area (Å²) in [7, 11) is 4.00. The minimum Gasteiger partial charge on any atom is -0.356 e. The van der Waals surface area contributed by atoms with E-state index < -0.39 is 0 Å². The summed E-state index contributed by atoms with van der Waals surface area (Å²) in [6.07, 6.45) is 3.85. The van der Waals surface area contributed by atoms with Crippen LogP contribution >= 0.6 is 35.3 Å². The van der Waals surface area contributed by atoms with E-state index >= 15 is 0 Å². The van der Waals surface area contributed by atoms with Gasteiger partial charge in [-0.2, -0.15) is 0 Å². The van der Waals surface area contributed by atoms with Gasteiger partial charge >= 0.3 is 0 Å². The molecule has 0 radical (unpaired) electrons. The minimum absolute atomic E-state index is 0. The molecule has 1 amide bonds. The lowest BCUT2D eigenvalue weighted by Gasteiger charge is -2.39. The molecule has 1 aliphatic rings. The molecule has 1 aliphatic heterocycles. The summed E-state index contributed by atoms with van der Waals surface area (Å²) in [5, 5.41) is 11.9. The highest BCUT2D eigenvalue weighted by molar-refractivity contribution is 14.0. The Kier molecular flexibility index (Phi) is 12.0. The third-order valence-corrected chi connectivity index (χ3v) is 6.20. The zero-order valence-electron chi connectivity index (χ0n) is 17.5. The van der Waals surface area contributed by atoms with Crippen LogP contribution in [0.3, 0.4) is 0 Å². The number of halogens is 1. The van der Waals surface area contributed by atoms with E-state index in [0.29, 0.717) is 24.9 Å². The van der Waals surface area contributed by atoms with Gasteiger partial charge in [-0.05, 0) is 57.1 Å². The predicted molar refractivity (Wildman–Crippen MR) is 130 cm³/mol. The van der Waals surface area contributed by atoms with Gasteiger partial charge in [-0.3, -0.25) is 14.7 Å². The van der Waals surface area contributed by atoms with Gasteiger partial charge in [0.15, 0.2) is 5.96 Å². The molecule has 6 nitrogen and oxygen atoms in total. The van der Waals surface area contributed by atoms with E-state index in [4.69, 9.17) is 0 Å². The van der Waals surface area contributed by atoms with Crippen LogP contribution < -0.4 is 16.0 Å². The van der Waals surface area contributed by atoms with Crippen LogP contribution in [-0.4, -0.2) is 56.5 Å². The molecule has 0 bridgehead atoms. The van der Waals surface area contributed by atoms with Gasteiger partial charge in [0.2, 0.25) is 5.91 Å². The fourth-order valence-electron chi connectivity index (χ4n) is 3.57. The second-order valence-electron chi connectivity index (χ2n) is 7.35. The van der Waals surface area contributed by atoms with E-state index in [1.54, 1.807) is 7.05 Å². The number of likely N-dealkylation sites (tertiary alicyclic amines) is 1. The molecule has 1 saturated heterocycles. The fraction of sp³-hybridized carbons (Fsp3) is 0.700. The Labute approximate surface area is 191 Å². The molecule has 8 heteroatoms. The average Bonchev–Trinajstić information content (AvgIpc) is 3.18. The highest BCUT2D eigenvalue weighted by Gasteiger charge is 2.31. The molecule has 3 atom stereocenters. The molecule has 2 heterocycles. The van der Waals surface area contributed by atoms with Gasteiger partial charge < -0.3 is 16.0 Å². The maximum Gasteiger partial charge on any atom is 0.221 e. The van der Waals surface area contributed by atoms with Crippen molar-refractivity contribution in [3.05, 3.63) is 22.4 Å². The lowest BCUT2D eigenvalue weighted by molar-refractivity contribution is -0.121. The highest BCUT2D eigenvalue weighted by atomic mass is 127. The van der Waals surface area contributed by atoms with Gasteiger partial charge in [0.25, 0.3) is 0 Å². The summed E-state index contributed by atoms with van der Waals surface area (Å²) < 4.78 is 0. The molecule has 2 rings (SSSR count). The van der Waals surface area contributed by atoms with E-state index in [0.717, 1.165) is 25.5 Å². The summed E-state index contributed by atoms with van der Waals surface area (Å²) in [6, 6.07) is 5.07. The number of guanidine groups is 1. The Hall–Kier alpha value is -0.870. The Bertz CT molecular complexity index is 595. The lowest BCUT2D eigenvalue weighted by Crippen LogP contribution is -2.45. The summed E-state index contributed by atoms with van der Waals surface area (Å²) in [5.41, 5.74) is 0. The van der Waals surface area contributed by atoms with Crippen molar-refractivity contribution in [1.29, 1.82) is 0 Å². The number of thiophene rings is 1. The zero-order chi connectivity index (χ0) is 19.6. The van der Waals surface area contributed by atoms with Crippen LogP contribution in [0.25, 0.3) is 0 Å². The van der Waals surface area contributed by atoms with Gasteiger partial charge in [0, 0.05) is 43.5 Å². The predicted octanol–water partition coefficient (Wildman–Crippen LogP) is 3.22. The molecular weight excluding hydrogens is 485 g/mol. The largest absolute Gasteiger partial charge is 0.356 e. The Morgan fingerprint density at radius 1 is 1.43 bits per heavy atom. The van der Waals surface area contributed by atoms with Crippen LogP contribution in [0.2, 0.25) is 0 Å². The number of piperidine rings is 1. The fourth-order valence-corrected chi connectivity index (χ4v) is 4.56. The highest BCUT2D eigenvalue weighted by Crippen LogP contribution is 2.36. The maximum atomic E-state index is 11.9. The van der Waals surface area contributed by atoms with Crippen LogP contribution in [-0.2, 0) is 4.79 Å². The van der Waals surface area contributed by atoms with Crippen molar-refractivity contribution < 1.29 is 4.79 Å². The Balaban J connectivity index is 0.00000392. The molecular formula is C20H36IN5OS. The third kappa shape index (κ3) is 7.87. The van der Waals surface area contributed by atoms with Crippen molar-refractivity contribution in [3.63, 3.8) is 0 Å². The summed E-state index contributed by atoms with van der Waals surface area (Å²) >= 11 is 1.84. The number of rotatable bonds is 8. The molecule has 28 heavy (non-hydrogen) atoms. The van der Waals surface area contributed by atoms with Gasteiger partial charge in [-0.15, -0.1) is 35.3 Å². The number of hydrogen-bond acceptors (Lipinski definition) is 4. The molecule has 0 aliphatic carbocycles. The normalized spacial score (nSPS) is 21.5. The zero-order valence-corrected chi connectivity index (χ0v) is 20.7. The van der Waals surface area contributed by atoms with E-state index in [1.807, 2.05) is 18.3 Å². The van der Waals surface area contributed by atoms with Gasteiger partial charge in [-0.1, -0.05) is 13.0 Å². The monoisotopic (exact) mass is 521 g/mol. The van der Waals surface area contributed by atoms with Crippen LogP contribution in [0, 0.1) is 5.92 Å². The van der Waals surface area contributed by atoms with Crippen LogP contribution in [0.5, 0.6) is 0 Å². The molecule has 3 N–H and O–H groups in total. The van der Waals surface area contributed by atoms with Crippen molar-refractivity contribution in [1.82, 2.24) is 20.9 Å².